The maximum Gasteiger partial charge on any atom is 0.320 e. The van der Waals surface area contributed by atoms with Gasteiger partial charge in [-0.3, -0.25) is 4.90 Å². The fraction of sp³-hybridized carbons (Fsp3) is 0.421. The summed E-state index contributed by atoms with van der Waals surface area (Å²) in [5, 5.41) is 6.80. The van der Waals surface area contributed by atoms with Crippen LogP contribution in [0.3, 0.4) is 0 Å². The molecular weight excluding hydrogens is 403 g/mol. The van der Waals surface area contributed by atoms with E-state index in [2.05, 4.69) is 20.0 Å². The SMILES string of the molecule is Fc1ccccc1-n1nc(C(F)F)nc1OCC1CCN(Cc2nccs2)CC1. The van der Waals surface area contributed by atoms with Gasteiger partial charge in [-0.2, -0.15) is 9.67 Å². The lowest BCUT2D eigenvalue weighted by Gasteiger charge is -2.31. The molecule has 0 saturated carbocycles. The molecule has 0 spiro atoms. The fourth-order valence-electron chi connectivity index (χ4n) is 3.31. The molecule has 3 aromatic rings. The highest BCUT2D eigenvalue weighted by Crippen LogP contribution is 2.25. The summed E-state index contributed by atoms with van der Waals surface area (Å²) >= 11 is 1.64. The first-order chi connectivity index (χ1) is 14.1. The van der Waals surface area contributed by atoms with Gasteiger partial charge >= 0.3 is 6.01 Å². The molecule has 154 valence electrons. The molecule has 0 bridgehead atoms. The molecule has 1 aliphatic rings. The highest BCUT2D eigenvalue weighted by molar-refractivity contribution is 7.09. The van der Waals surface area contributed by atoms with Crippen LogP contribution in [0.15, 0.2) is 35.8 Å². The van der Waals surface area contributed by atoms with Gasteiger partial charge in [0.15, 0.2) is 0 Å². The number of piperidine rings is 1. The molecule has 2 aromatic heterocycles. The van der Waals surface area contributed by atoms with Gasteiger partial charge in [0.05, 0.1) is 13.2 Å². The highest BCUT2D eigenvalue weighted by atomic mass is 32.1. The Morgan fingerprint density at radius 3 is 2.69 bits per heavy atom. The minimum atomic E-state index is -2.86. The number of benzene rings is 1. The van der Waals surface area contributed by atoms with Crippen LogP contribution in [0.4, 0.5) is 13.2 Å². The van der Waals surface area contributed by atoms with Crippen LogP contribution in [0, 0.1) is 11.7 Å². The molecular formula is C19H20F3N5OS. The topological polar surface area (TPSA) is 56.1 Å². The fourth-order valence-corrected chi connectivity index (χ4v) is 3.96. The van der Waals surface area contributed by atoms with Crippen LogP contribution in [0.2, 0.25) is 0 Å². The first-order valence-corrected chi connectivity index (χ1v) is 10.2. The average molecular weight is 423 g/mol. The maximum absolute atomic E-state index is 14.1. The van der Waals surface area contributed by atoms with E-state index >= 15 is 0 Å². The zero-order valence-electron chi connectivity index (χ0n) is 15.5. The molecule has 10 heteroatoms. The van der Waals surface area contributed by atoms with Crippen LogP contribution in [0.5, 0.6) is 6.01 Å². The maximum atomic E-state index is 14.1. The van der Waals surface area contributed by atoms with Gasteiger partial charge in [0, 0.05) is 11.6 Å². The van der Waals surface area contributed by atoms with Crippen molar-refractivity contribution in [3.63, 3.8) is 0 Å². The van der Waals surface area contributed by atoms with Gasteiger partial charge in [-0.15, -0.1) is 16.4 Å². The van der Waals surface area contributed by atoms with Gasteiger partial charge in [0.25, 0.3) is 6.43 Å². The monoisotopic (exact) mass is 423 g/mol. The van der Waals surface area contributed by atoms with E-state index < -0.39 is 18.1 Å². The minimum Gasteiger partial charge on any atom is -0.463 e. The Labute approximate surface area is 170 Å². The van der Waals surface area contributed by atoms with E-state index in [1.807, 2.05) is 5.38 Å². The Kier molecular flexibility index (Phi) is 6.10. The van der Waals surface area contributed by atoms with Gasteiger partial charge in [0.2, 0.25) is 5.82 Å². The first kappa shape index (κ1) is 19.8. The van der Waals surface area contributed by atoms with Crippen molar-refractivity contribution in [2.24, 2.45) is 5.92 Å². The number of para-hydroxylation sites is 1. The van der Waals surface area contributed by atoms with E-state index in [-0.39, 0.29) is 17.6 Å². The lowest BCUT2D eigenvalue weighted by atomic mass is 9.98. The largest absolute Gasteiger partial charge is 0.463 e. The molecule has 0 unspecified atom stereocenters. The third-order valence-corrected chi connectivity index (χ3v) is 5.63. The van der Waals surface area contributed by atoms with Gasteiger partial charge < -0.3 is 4.74 Å². The predicted molar refractivity (Wildman–Crippen MR) is 102 cm³/mol. The third-order valence-electron chi connectivity index (χ3n) is 4.87. The molecule has 1 fully saturated rings. The van der Waals surface area contributed by atoms with Gasteiger partial charge in [-0.25, -0.2) is 18.2 Å². The summed E-state index contributed by atoms with van der Waals surface area (Å²) in [6.07, 6.45) is 0.779. The van der Waals surface area contributed by atoms with Crippen LogP contribution >= 0.6 is 11.3 Å². The molecule has 0 radical (unpaired) electrons. The summed E-state index contributed by atoms with van der Waals surface area (Å²) in [6.45, 7) is 2.98. The number of halogens is 3. The number of hydrogen-bond acceptors (Lipinski definition) is 6. The third kappa shape index (κ3) is 4.76. The number of thiazole rings is 1. The van der Waals surface area contributed by atoms with E-state index in [9.17, 15) is 13.2 Å². The quantitative estimate of drug-likeness (QED) is 0.573. The first-order valence-electron chi connectivity index (χ1n) is 9.33. The second kappa shape index (κ2) is 8.91. The van der Waals surface area contributed by atoms with Crippen molar-refractivity contribution in [1.82, 2.24) is 24.6 Å². The van der Waals surface area contributed by atoms with Gasteiger partial charge in [-0.05, 0) is 44.0 Å². The van der Waals surface area contributed by atoms with Crippen LogP contribution in [-0.2, 0) is 6.54 Å². The van der Waals surface area contributed by atoms with E-state index in [4.69, 9.17) is 4.74 Å². The summed E-state index contributed by atoms with van der Waals surface area (Å²) in [6, 6.07) is 5.69. The molecule has 4 rings (SSSR count). The molecule has 6 nitrogen and oxygen atoms in total. The van der Waals surface area contributed by atoms with Crippen molar-refractivity contribution in [2.75, 3.05) is 19.7 Å². The van der Waals surface area contributed by atoms with Crippen LogP contribution in [0.25, 0.3) is 5.69 Å². The minimum absolute atomic E-state index is 0.0279. The predicted octanol–water partition coefficient (Wildman–Crippen LogP) is 4.09. The molecule has 29 heavy (non-hydrogen) atoms. The van der Waals surface area contributed by atoms with Crippen molar-refractivity contribution < 1.29 is 17.9 Å². The Bertz CT molecular complexity index is 926. The van der Waals surface area contributed by atoms with E-state index in [1.165, 1.54) is 18.2 Å². The zero-order chi connectivity index (χ0) is 20.2. The molecule has 1 aliphatic heterocycles. The summed E-state index contributed by atoms with van der Waals surface area (Å²) in [5.41, 5.74) is 0.0279. The Morgan fingerprint density at radius 1 is 1.21 bits per heavy atom. The summed E-state index contributed by atoms with van der Waals surface area (Å²) in [7, 11) is 0. The van der Waals surface area contributed by atoms with E-state index in [1.54, 1.807) is 23.6 Å². The Balaban J connectivity index is 1.39. The summed E-state index contributed by atoms with van der Waals surface area (Å²) < 4.78 is 47.0. The Hall–Kier alpha value is -2.46. The number of aromatic nitrogens is 4. The lowest BCUT2D eigenvalue weighted by Crippen LogP contribution is -2.35. The second-order valence-electron chi connectivity index (χ2n) is 6.87. The number of rotatable bonds is 7. The standard InChI is InChI=1S/C19H20F3N5OS/c20-14-3-1-2-4-15(14)27-19(24-18(25-27)17(21)22)28-12-13-5-8-26(9-6-13)11-16-23-7-10-29-16/h1-4,7,10,13,17H,5-6,8-9,11-12H2. The molecule has 0 amide bonds. The smallest absolute Gasteiger partial charge is 0.320 e. The molecule has 0 atom stereocenters. The lowest BCUT2D eigenvalue weighted by molar-refractivity contribution is 0.129. The molecule has 0 aliphatic carbocycles. The van der Waals surface area contributed by atoms with Crippen molar-refractivity contribution in [3.05, 3.63) is 52.5 Å². The van der Waals surface area contributed by atoms with E-state index in [0.717, 1.165) is 42.2 Å². The van der Waals surface area contributed by atoms with Crippen LogP contribution in [-0.4, -0.2) is 44.3 Å². The molecule has 3 heterocycles. The molecule has 0 N–H and O–H groups in total. The highest BCUT2D eigenvalue weighted by Gasteiger charge is 2.24. The zero-order valence-corrected chi connectivity index (χ0v) is 16.4. The summed E-state index contributed by atoms with van der Waals surface area (Å²) in [4.78, 5) is 10.4. The van der Waals surface area contributed by atoms with Crippen molar-refractivity contribution in [3.8, 4) is 11.7 Å². The average Bonchev–Trinajstić information content (AvgIpc) is 3.38. The number of hydrogen-bond donors (Lipinski definition) is 0. The number of nitrogens with zero attached hydrogens (tertiary/aromatic N) is 5. The van der Waals surface area contributed by atoms with Crippen molar-refractivity contribution in [2.45, 2.75) is 25.8 Å². The van der Waals surface area contributed by atoms with E-state index in [0.29, 0.717) is 6.61 Å². The number of likely N-dealkylation sites (tertiary alicyclic amines) is 1. The Morgan fingerprint density at radius 2 is 2.00 bits per heavy atom. The normalized spacial score (nSPS) is 15.9. The van der Waals surface area contributed by atoms with Crippen LogP contribution < -0.4 is 4.74 Å². The van der Waals surface area contributed by atoms with Gasteiger partial charge in [-0.1, -0.05) is 12.1 Å². The summed E-state index contributed by atoms with van der Waals surface area (Å²) in [5.74, 6) is -0.997. The molecule has 1 saturated heterocycles. The van der Waals surface area contributed by atoms with Crippen molar-refractivity contribution in [1.29, 1.82) is 0 Å². The van der Waals surface area contributed by atoms with Crippen molar-refractivity contribution >= 4 is 11.3 Å². The number of alkyl halides is 2. The number of ether oxygens (including phenoxy) is 1. The molecule has 1 aromatic carbocycles. The second-order valence-corrected chi connectivity index (χ2v) is 7.85. The van der Waals surface area contributed by atoms with Crippen LogP contribution in [0.1, 0.15) is 30.1 Å². The van der Waals surface area contributed by atoms with Gasteiger partial charge in [0.1, 0.15) is 16.5 Å².